The van der Waals surface area contributed by atoms with Crippen molar-refractivity contribution in [2.24, 2.45) is 0 Å². The first-order chi connectivity index (χ1) is 12.4. The molecule has 0 amide bonds. The van der Waals surface area contributed by atoms with Gasteiger partial charge in [-0.3, -0.25) is 25.1 Å². The van der Waals surface area contributed by atoms with E-state index in [1.54, 1.807) is 42.7 Å². The summed E-state index contributed by atoms with van der Waals surface area (Å²) < 4.78 is 32.4. The van der Waals surface area contributed by atoms with Crippen LogP contribution in [0.25, 0.3) is 0 Å². The third kappa shape index (κ3) is 9.54. The van der Waals surface area contributed by atoms with Crippen LogP contribution in [-0.2, 0) is 25.1 Å². The van der Waals surface area contributed by atoms with Crippen molar-refractivity contribution < 1.29 is 25.1 Å². The van der Waals surface area contributed by atoms with Crippen LogP contribution in [0.1, 0.15) is 12.8 Å². The summed E-state index contributed by atoms with van der Waals surface area (Å²) in [6.07, 6.45) is 1.93. The average molecular weight is 421 g/mol. The molecule has 0 heterocycles. The molecule has 0 rings (SSSR count). The average Bonchev–Trinajstić information content (AvgIpc) is 2.68. The summed E-state index contributed by atoms with van der Waals surface area (Å²) in [7, 11) is 10.4. The molecule has 0 aliphatic heterocycles. The van der Waals surface area contributed by atoms with E-state index in [1.807, 2.05) is 0 Å². The van der Waals surface area contributed by atoms with E-state index in [0.29, 0.717) is 0 Å². The Morgan fingerprint density at radius 3 is 1.00 bits per heavy atom. The van der Waals surface area contributed by atoms with E-state index < -0.39 is 21.7 Å². The lowest BCUT2D eigenvalue weighted by molar-refractivity contribution is 0.235. The first-order valence-corrected chi connectivity index (χ1v) is 11.8. The van der Waals surface area contributed by atoms with Gasteiger partial charge in [0.1, 0.15) is 0 Å². The zero-order valence-corrected chi connectivity index (χ0v) is 19.5. The number of likely N-dealkylation sites (N-methyl/N-ethyl adjacent to an activating group) is 2. The molecule has 0 aliphatic rings. The Hall–Kier alpha value is 0.380. The maximum Gasteiger partial charge on any atom is 0.0879 e. The quantitative estimate of drug-likeness (QED) is 0.356. The topological polar surface area (TPSA) is 61.9 Å². The van der Waals surface area contributed by atoms with Crippen molar-refractivity contribution in [3.63, 3.8) is 0 Å². The molecule has 0 aromatic carbocycles. The van der Waals surface area contributed by atoms with Gasteiger partial charge in [-0.25, -0.2) is 0 Å². The summed E-state index contributed by atoms with van der Waals surface area (Å²) in [6.45, 7) is 3.96. The maximum atomic E-state index is 5.40. The van der Waals surface area contributed by atoms with E-state index in [1.165, 1.54) is 0 Å². The fourth-order valence-electron chi connectivity index (χ4n) is 2.50. The number of nitrogens with zero attached hydrogens (tertiary/aromatic N) is 2. The first-order valence-electron chi connectivity index (χ1n) is 8.69. The smallest absolute Gasteiger partial charge is 0.0879 e. The van der Waals surface area contributed by atoms with Gasteiger partial charge < -0.3 is 9.80 Å². The van der Waals surface area contributed by atoms with E-state index >= 15 is 0 Å². The Kier molecular flexibility index (Phi) is 14.6. The minimum atomic E-state index is -1.84. The van der Waals surface area contributed by atoms with Gasteiger partial charge in [0.2, 0.25) is 0 Å². The predicted molar refractivity (Wildman–Crippen MR) is 111 cm³/mol. The molecule has 26 heavy (non-hydrogen) atoms. The van der Waals surface area contributed by atoms with Crippen LogP contribution in [0, 0.1) is 0 Å². The Bertz CT molecular complexity index is 298. The van der Waals surface area contributed by atoms with Crippen LogP contribution in [0.3, 0.4) is 0 Å². The molecule has 0 fully saturated rings. The molecule has 0 spiro atoms. The van der Waals surface area contributed by atoms with Gasteiger partial charge in [0.15, 0.2) is 0 Å². The molecule has 8 nitrogen and oxygen atoms in total. The van der Waals surface area contributed by atoms with E-state index in [9.17, 15) is 0 Å². The summed E-state index contributed by atoms with van der Waals surface area (Å²) in [4.78, 5) is 4.63. The minimum absolute atomic E-state index is 0.770. The van der Waals surface area contributed by atoms with E-state index in [-0.39, 0.29) is 0 Å². The molecule has 0 aromatic rings. The molecule has 0 radical (unpaired) electrons. The van der Waals surface area contributed by atoms with Gasteiger partial charge in [0.05, 0.1) is 64.4 Å². The molecule has 162 valence electrons. The molecule has 10 heteroatoms. The zero-order valence-electron chi connectivity index (χ0n) is 17.8. The van der Waals surface area contributed by atoms with Crippen molar-refractivity contribution in [3.05, 3.63) is 0 Å². The van der Waals surface area contributed by atoms with Crippen LogP contribution in [0.5, 0.6) is 0 Å². The predicted octanol–water partition coefficient (Wildman–Crippen LogP) is 2.61. The van der Waals surface area contributed by atoms with Crippen molar-refractivity contribution in [3.8, 4) is 0 Å². The summed E-state index contributed by atoms with van der Waals surface area (Å²) in [5.41, 5.74) is 0. The zero-order chi connectivity index (χ0) is 20.1. The van der Waals surface area contributed by atoms with Crippen LogP contribution >= 0.6 is 21.7 Å². The van der Waals surface area contributed by atoms with Crippen molar-refractivity contribution in [2.45, 2.75) is 12.8 Å². The first kappa shape index (κ1) is 26.4. The molecule has 0 aromatic heterocycles. The van der Waals surface area contributed by atoms with Gasteiger partial charge in [-0.05, 0) is 40.0 Å². The van der Waals surface area contributed by atoms with Crippen LogP contribution in [0.15, 0.2) is 0 Å². The van der Waals surface area contributed by atoms with Crippen LogP contribution in [0.2, 0.25) is 0 Å². The highest BCUT2D eigenvalue weighted by molar-refractivity contribution is 8.22. The molecule has 0 atom stereocenters. The normalized spacial score (nSPS) is 14.4. The largest absolute Gasteiger partial charge is 0.305 e. The minimum Gasteiger partial charge on any atom is -0.305 e. The summed E-state index contributed by atoms with van der Waals surface area (Å²) in [6, 6.07) is 0. The van der Waals surface area contributed by atoms with Gasteiger partial charge >= 0.3 is 0 Å². The molecular formula is C16H40N2O6S2. The highest BCUT2D eigenvalue weighted by Crippen LogP contribution is 2.50. The highest BCUT2D eigenvalue weighted by Gasteiger charge is 2.23. The fraction of sp³-hybridized carbons (Fsp3) is 1.00. The van der Waals surface area contributed by atoms with Crippen molar-refractivity contribution in [1.29, 1.82) is 0 Å². The van der Waals surface area contributed by atoms with Crippen molar-refractivity contribution in [1.82, 2.24) is 9.80 Å². The monoisotopic (exact) mass is 420 g/mol. The van der Waals surface area contributed by atoms with Crippen LogP contribution in [0.4, 0.5) is 0 Å². The second-order valence-corrected chi connectivity index (χ2v) is 10.9. The Labute approximate surface area is 164 Å². The molecule has 0 saturated carbocycles. The SMILES string of the molecule is COS(CCCN(C)CCN(C)CCCS(OC)(OC)OC)(OC)OC. The second-order valence-electron chi connectivity index (χ2n) is 5.84. The molecule has 0 bridgehead atoms. The Balaban J connectivity index is 4.00. The molecule has 0 unspecified atom stereocenters. The van der Waals surface area contributed by atoms with Gasteiger partial charge in [-0.1, -0.05) is 0 Å². The molecule has 0 saturated heterocycles. The lowest BCUT2D eigenvalue weighted by atomic mass is 10.4. The van der Waals surface area contributed by atoms with E-state index in [0.717, 1.165) is 50.5 Å². The second kappa shape index (κ2) is 14.4. The Morgan fingerprint density at radius 1 is 0.500 bits per heavy atom. The van der Waals surface area contributed by atoms with Gasteiger partial charge in [-0.2, -0.15) is 0 Å². The third-order valence-electron chi connectivity index (χ3n) is 4.26. The van der Waals surface area contributed by atoms with E-state index in [4.69, 9.17) is 25.1 Å². The summed E-state index contributed by atoms with van der Waals surface area (Å²) in [5.74, 6) is 1.54. The summed E-state index contributed by atoms with van der Waals surface area (Å²) >= 11 is 0. The lowest BCUT2D eigenvalue weighted by Crippen LogP contribution is -2.33. The Morgan fingerprint density at radius 2 is 0.769 bits per heavy atom. The maximum absolute atomic E-state index is 5.40. The van der Waals surface area contributed by atoms with Gasteiger partial charge in [0, 0.05) is 24.6 Å². The molecule has 0 N–H and O–H groups in total. The summed E-state index contributed by atoms with van der Waals surface area (Å²) in [5, 5.41) is 0. The lowest BCUT2D eigenvalue weighted by Gasteiger charge is -2.34. The number of hydrogen-bond acceptors (Lipinski definition) is 8. The van der Waals surface area contributed by atoms with Crippen molar-refractivity contribution >= 4 is 21.7 Å². The van der Waals surface area contributed by atoms with Crippen molar-refractivity contribution in [2.75, 3.05) is 94.4 Å². The van der Waals surface area contributed by atoms with E-state index in [2.05, 4.69) is 23.9 Å². The highest BCUT2D eigenvalue weighted by atomic mass is 32.3. The van der Waals surface area contributed by atoms with Crippen LogP contribution in [-0.4, -0.2) is 104 Å². The molecule has 0 aliphatic carbocycles. The van der Waals surface area contributed by atoms with Gasteiger partial charge in [-0.15, -0.1) is 0 Å². The van der Waals surface area contributed by atoms with Crippen LogP contribution < -0.4 is 0 Å². The fourth-order valence-corrected chi connectivity index (χ4v) is 5.28. The van der Waals surface area contributed by atoms with Gasteiger partial charge in [0.25, 0.3) is 0 Å². The third-order valence-corrected chi connectivity index (χ3v) is 8.88. The number of rotatable bonds is 17. The molecular weight excluding hydrogens is 380 g/mol. The number of hydrogen-bond donors (Lipinski definition) is 0. The standard InChI is InChI=1S/C16H40N2O6S2/c1-17(11-9-15-25(19-3,20-4)21-5)13-14-18(2)12-10-16-26(22-6,23-7)24-8/h9-16H2,1-8H3.